The lowest BCUT2D eigenvalue weighted by molar-refractivity contribution is 0.598. The molecule has 0 amide bonds. The van der Waals surface area contributed by atoms with Crippen LogP contribution in [0.25, 0.3) is 0 Å². The van der Waals surface area contributed by atoms with Crippen molar-refractivity contribution in [2.45, 2.75) is 26.2 Å². The van der Waals surface area contributed by atoms with Crippen molar-refractivity contribution in [3.63, 3.8) is 0 Å². The number of likely N-dealkylation sites (N-methyl/N-ethyl adjacent to an activating group) is 1. The molecule has 1 nitrogen and oxygen atoms in total. The average molecular weight is 195 g/mol. The minimum atomic E-state index is -0.118. The van der Waals surface area contributed by atoms with Crippen molar-refractivity contribution in [2.24, 2.45) is 0 Å². The first-order valence-corrected chi connectivity index (χ1v) is 5.09. The molecular formula is C12H18FN. The monoisotopic (exact) mass is 195 g/mol. The van der Waals surface area contributed by atoms with E-state index >= 15 is 0 Å². The fourth-order valence-electron chi connectivity index (χ4n) is 1.67. The Labute approximate surface area is 85.3 Å². The van der Waals surface area contributed by atoms with Crippen molar-refractivity contribution < 1.29 is 4.39 Å². The van der Waals surface area contributed by atoms with E-state index in [0.717, 1.165) is 18.5 Å². The second-order valence-corrected chi connectivity index (χ2v) is 3.67. The van der Waals surface area contributed by atoms with Gasteiger partial charge in [-0.05, 0) is 43.5 Å². The van der Waals surface area contributed by atoms with Crippen LogP contribution in [0.2, 0.25) is 0 Å². The number of hydrogen-bond donors (Lipinski definition) is 1. The molecule has 0 fully saturated rings. The van der Waals surface area contributed by atoms with Crippen molar-refractivity contribution in [2.75, 3.05) is 13.6 Å². The highest BCUT2D eigenvalue weighted by Crippen LogP contribution is 2.20. The van der Waals surface area contributed by atoms with Gasteiger partial charge in [0.25, 0.3) is 0 Å². The van der Waals surface area contributed by atoms with Crippen molar-refractivity contribution >= 4 is 0 Å². The third-order valence-corrected chi connectivity index (χ3v) is 2.60. The molecule has 1 aromatic rings. The fraction of sp³-hybridized carbons (Fsp3) is 0.500. The summed E-state index contributed by atoms with van der Waals surface area (Å²) in [7, 11) is 1.94. The van der Waals surface area contributed by atoms with Crippen molar-refractivity contribution in [1.29, 1.82) is 0 Å². The summed E-state index contributed by atoms with van der Waals surface area (Å²) < 4.78 is 13.0. The molecule has 0 spiro atoms. The molecule has 0 aliphatic carbocycles. The smallest absolute Gasteiger partial charge is 0.126 e. The van der Waals surface area contributed by atoms with Crippen LogP contribution in [0.5, 0.6) is 0 Å². The molecule has 1 N–H and O–H groups in total. The Hall–Kier alpha value is -0.890. The van der Waals surface area contributed by atoms with Gasteiger partial charge in [-0.2, -0.15) is 0 Å². The Morgan fingerprint density at radius 3 is 2.64 bits per heavy atom. The van der Waals surface area contributed by atoms with Crippen LogP contribution < -0.4 is 5.32 Å². The molecule has 2 heteroatoms. The van der Waals surface area contributed by atoms with Gasteiger partial charge in [-0.3, -0.25) is 0 Å². The molecule has 0 saturated carbocycles. The first-order valence-electron chi connectivity index (χ1n) is 5.09. The van der Waals surface area contributed by atoms with E-state index in [1.807, 2.05) is 26.1 Å². The maximum Gasteiger partial charge on any atom is 0.126 e. The molecule has 1 rings (SSSR count). The summed E-state index contributed by atoms with van der Waals surface area (Å²) in [5, 5.41) is 3.16. The number of benzene rings is 1. The lowest BCUT2D eigenvalue weighted by atomic mass is 9.95. The van der Waals surface area contributed by atoms with Crippen LogP contribution in [0, 0.1) is 12.7 Å². The lowest BCUT2D eigenvalue weighted by Gasteiger charge is -2.15. The molecule has 0 heterocycles. The average Bonchev–Trinajstić information content (AvgIpc) is 2.19. The highest BCUT2D eigenvalue weighted by Gasteiger charge is 2.09. The van der Waals surface area contributed by atoms with E-state index in [9.17, 15) is 4.39 Å². The first kappa shape index (κ1) is 11.2. The Morgan fingerprint density at radius 1 is 1.43 bits per heavy atom. The van der Waals surface area contributed by atoms with Gasteiger partial charge in [-0.15, -0.1) is 0 Å². The number of nitrogens with one attached hydrogen (secondary N) is 1. The molecule has 1 atom stereocenters. The summed E-state index contributed by atoms with van der Waals surface area (Å²) >= 11 is 0. The number of aryl methyl sites for hydroxylation is 1. The van der Waals surface area contributed by atoms with Gasteiger partial charge in [0.05, 0.1) is 0 Å². The normalized spacial score (nSPS) is 12.9. The van der Waals surface area contributed by atoms with Crippen LogP contribution in [-0.4, -0.2) is 13.6 Å². The van der Waals surface area contributed by atoms with Gasteiger partial charge < -0.3 is 5.32 Å². The number of halogens is 1. The predicted octanol–water partition coefficient (Wildman–Crippen LogP) is 2.85. The highest BCUT2D eigenvalue weighted by molar-refractivity contribution is 5.27. The van der Waals surface area contributed by atoms with Crippen LogP contribution in [0.4, 0.5) is 4.39 Å². The fourth-order valence-corrected chi connectivity index (χ4v) is 1.67. The SMILES string of the molecule is CCC(CNC)c1ccc(F)c(C)c1. The number of hydrogen-bond acceptors (Lipinski definition) is 1. The topological polar surface area (TPSA) is 12.0 Å². The van der Waals surface area contributed by atoms with Crippen LogP contribution in [0.15, 0.2) is 18.2 Å². The maximum absolute atomic E-state index is 13.0. The molecular weight excluding hydrogens is 177 g/mol. The zero-order valence-corrected chi connectivity index (χ0v) is 9.10. The van der Waals surface area contributed by atoms with E-state index in [1.54, 1.807) is 6.07 Å². The summed E-state index contributed by atoms with van der Waals surface area (Å²) in [5.74, 6) is 0.368. The van der Waals surface area contributed by atoms with E-state index in [2.05, 4.69) is 12.2 Å². The third kappa shape index (κ3) is 2.55. The standard InChI is InChI=1S/C12H18FN/c1-4-10(8-14-3)11-5-6-12(13)9(2)7-11/h5-7,10,14H,4,8H2,1-3H3. The lowest BCUT2D eigenvalue weighted by Crippen LogP contribution is -2.16. The summed E-state index contributed by atoms with van der Waals surface area (Å²) in [6.45, 7) is 4.91. The van der Waals surface area contributed by atoms with Crippen LogP contribution in [0.3, 0.4) is 0 Å². The highest BCUT2D eigenvalue weighted by atomic mass is 19.1. The van der Waals surface area contributed by atoms with Gasteiger partial charge in [-0.1, -0.05) is 19.1 Å². The summed E-state index contributed by atoms with van der Waals surface area (Å²) in [5.41, 5.74) is 1.96. The molecule has 0 aliphatic rings. The van der Waals surface area contributed by atoms with Gasteiger partial charge in [0.1, 0.15) is 5.82 Å². The predicted molar refractivity (Wildman–Crippen MR) is 58.1 cm³/mol. The second-order valence-electron chi connectivity index (χ2n) is 3.67. The summed E-state index contributed by atoms with van der Waals surface area (Å²) in [4.78, 5) is 0. The minimum absolute atomic E-state index is 0.118. The van der Waals surface area contributed by atoms with E-state index in [0.29, 0.717) is 5.92 Å². The molecule has 0 radical (unpaired) electrons. The van der Waals surface area contributed by atoms with Gasteiger partial charge in [0.15, 0.2) is 0 Å². The third-order valence-electron chi connectivity index (χ3n) is 2.60. The minimum Gasteiger partial charge on any atom is -0.319 e. The molecule has 78 valence electrons. The van der Waals surface area contributed by atoms with Gasteiger partial charge >= 0.3 is 0 Å². The molecule has 1 unspecified atom stereocenters. The van der Waals surface area contributed by atoms with E-state index in [1.165, 1.54) is 5.56 Å². The van der Waals surface area contributed by atoms with Gasteiger partial charge in [0, 0.05) is 6.54 Å². The van der Waals surface area contributed by atoms with Gasteiger partial charge in [-0.25, -0.2) is 4.39 Å². The Kier molecular flexibility index (Phi) is 4.08. The molecule has 0 aliphatic heterocycles. The van der Waals surface area contributed by atoms with E-state index < -0.39 is 0 Å². The van der Waals surface area contributed by atoms with Crippen LogP contribution in [0.1, 0.15) is 30.4 Å². The Balaban J connectivity index is 2.88. The van der Waals surface area contributed by atoms with E-state index in [4.69, 9.17) is 0 Å². The van der Waals surface area contributed by atoms with Crippen molar-refractivity contribution in [1.82, 2.24) is 5.32 Å². The summed E-state index contributed by atoms with van der Waals surface area (Å²) in [6, 6.07) is 5.39. The van der Waals surface area contributed by atoms with Gasteiger partial charge in [0.2, 0.25) is 0 Å². The largest absolute Gasteiger partial charge is 0.319 e. The molecule has 0 aromatic heterocycles. The zero-order chi connectivity index (χ0) is 10.6. The summed E-state index contributed by atoms with van der Waals surface area (Å²) in [6.07, 6.45) is 1.08. The van der Waals surface area contributed by atoms with Crippen LogP contribution in [-0.2, 0) is 0 Å². The first-order chi connectivity index (χ1) is 6.69. The van der Waals surface area contributed by atoms with Crippen molar-refractivity contribution in [3.05, 3.63) is 35.1 Å². The number of rotatable bonds is 4. The Bertz CT molecular complexity index is 296. The maximum atomic E-state index is 13.0. The molecule has 0 bridgehead atoms. The quantitative estimate of drug-likeness (QED) is 0.779. The molecule has 1 aromatic carbocycles. The molecule has 14 heavy (non-hydrogen) atoms. The van der Waals surface area contributed by atoms with Crippen LogP contribution >= 0.6 is 0 Å². The molecule has 0 saturated heterocycles. The van der Waals surface area contributed by atoms with E-state index in [-0.39, 0.29) is 5.82 Å². The zero-order valence-electron chi connectivity index (χ0n) is 9.10. The van der Waals surface area contributed by atoms with Crippen molar-refractivity contribution in [3.8, 4) is 0 Å². The second kappa shape index (κ2) is 5.11. The Morgan fingerprint density at radius 2 is 2.14 bits per heavy atom.